The molecule has 0 aliphatic rings. The van der Waals surface area contributed by atoms with E-state index in [0.717, 1.165) is 25.0 Å². The normalized spacial score (nSPS) is 11.9. The lowest BCUT2D eigenvalue weighted by atomic mass is 9.97. The zero-order chi connectivity index (χ0) is 13.0. The number of nitrogens with zero attached hydrogens (tertiary/aromatic N) is 1. The smallest absolute Gasteiger partial charge is 0.0734 e. The van der Waals surface area contributed by atoms with Gasteiger partial charge < -0.3 is 5.32 Å². The molecule has 2 rings (SSSR count). The van der Waals surface area contributed by atoms with Gasteiger partial charge in [-0.05, 0) is 30.0 Å². The van der Waals surface area contributed by atoms with Crippen LogP contribution in [0.1, 0.15) is 26.3 Å². The zero-order valence-electron chi connectivity index (χ0n) is 11.5. The Bertz CT molecular complexity index is 506. The minimum Gasteiger partial charge on any atom is -0.316 e. The summed E-state index contributed by atoms with van der Waals surface area (Å²) in [5.74, 6) is 0. The Morgan fingerprint density at radius 3 is 2.67 bits per heavy atom. The molecule has 0 saturated carbocycles. The molecule has 0 aliphatic carbocycles. The predicted octanol–water partition coefficient (Wildman–Crippen LogP) is 3.41. The first kappa shape index (κ1) is 13.0. The lowest BCUT2D eigenvalue weighted by molar-refractivity contribution is 0.382. The van der Waals surface area contributed by atoms with Gasteiger partial charge >= 0.3 is 0 Å². The summed E-state index contributed by atoms with van der Waals surface area (Å²) >= 11 is 0. The van der Waals surface area contributed by atoms with Crippen LogP contribution in [0.3, 0.4) is 0 Å². The fourth-order valence-electron chi connectivity index (χ4n) is 2.06. The quantitative estimate of drug-likeness (QED) is 0.831. The highest BCUT2D eigenvalue weighted by atomic mass is 14.9. The van der Waals surface area contributed by atoms with Crippen molar-refractivity contribution in [3.8, 4) is 0 Å². The number of rotatable bonds is 4. The van der Waals surface area contributed by atoms with Crippen LogP contribution >= 0.6 is 0 Å². The molecule has 0 saturated heterocycles. The maximum atomic E-state index is 4.48. The minimum atomic E-state index is 0.344. The van der Waals surface area contributed by atoms with Gasteiger partial charge in [0.05, 0.1) is 5.52 Å². The Balaban J connectivity index is 2.00. The molecule has 2 nitrogen and oxygen atoms in total. The van der Waals surface area contributed by atoms with Crippen molar-refractivity contribution in [2.75, 3.05) is 13.1 Å². The van der Waals surface area contributed by atoms with Crippen LogP contribution in [0.2, 0.25) is 0 Å². The molecule has 0 unspecified atom stereocenters. The van der Waals surface area contributed by atoms with E-state index in [1.807, 2.05) is 12.3 Å². The lowest BCUT2D eigenvalue weighted by Crippen LogP contribution is -2.28. The summed E-state index contributed by atoms with van der Waals surface area (Å²) < 4.78 is 0. The van der Waals surface area contributed by atoms with Crippen molar-refractivity contribution < 1.29 is 0 Å². The topological polar surface area (TPSA) is 24.9 Å². The standard InChI is InChI=1S/C16H22N2/c1-16(2,3)12-17-11-9-14-7-4-6-13-8-5-10-18-15(13)14/h4-8,10,17H,9,11-12H2,1-3H3. The minimum absolute atomic E-state index is 0.344. The van der Waals surface area contributed by atoms with E-state index >= 15 is 0 Å². The summed E-state index contributed by atoms with van der Waals surface area (Å²) in [4.78, 5) is 4.48. The van der Waals surface area contributed by atoms with Crippen LogP contribution in [0.15, 0.2) is 36.5 Å². The first-order chi connectivity index (χ1) is 8.56. The molecule has 18 heavy (non-hydrogen) atoms. The van der Waals surface area contributed by atoms with E-state index in [9.17, 15) is 0 Å². The van der Waals surface area contributed by atoms with Crippen molar-refractivity contribution in [2.24, 2.45) is 5.41 Å². The molecule has 0 spiro atoms. The summed E-state index contributed by atoms with van der Waals surface area (Å²) in [6, 6.07) is 10.5. The van der Waals surface area contributed by atoms with Gasteiger partial charge in [0.25, 0.3) is 0 Å². The maximum Gasteiger partial charge on any atom is 0.0734 e. The Kier molecular flexibility index (Phi) is 3.97. The fraction of sp³-hybridized carbons (Fsp3) is 0.438. The first-order valence-electron chi connectivity index (χ1n) is 6.60. The fourth-order valence-corrected chi connectivity index (χ4v) is 2.06. The number of fused-ring (bicyclic) bond motifs is 1. The van der Waals surface area contributed by atoms with Gasteiger partial charge in [-0.3, -0.25) is 4.98 Å². The van der Waals surface area contributed by atoms with Crippen molar-refractivity contribution in [1.29, 1.82) is 0 Å². The SMILES string of the molecule is CC(C)(C)CNCCc1cccc2cccnc12. The third kappa shape index (κ3) is 3.54. The second-order valence-corrected chi connectivity index (χ2v) is 5.98. The van der Waals surface area contributed by atoms with Crippen molar-refractivity contribution in [1.82, 2.24) is 10.3 Å². The van der Waals surface area contributed by atoms with Gasteiger partial charge in [0.15, 0.2) is 0 Å². The van der Waals surface area contributed by atoms with Crippen molar-refractivity contribution in [3.63, 3.8) is 0 Å². The van der Waals surface area contributed by atoms with Gasteiger partial charge in [0, 0.05) is 18.1 Å². The molecule has 0 aliphatic heterocycles. The predicted molar refractivity (Wildman–Crippen MR) is 77.8 cm³/mol. The highest BCUT2D eigenvalue weighted by Crippen LogP contribution is 2.16. The molecule has 0 fully saturated rings. The van der Waals surface area contributed by atoms with Crippen molar-refractivity contribution >= 4 is 10.9 Å². The largest absolute Gasteiger partial charge is 0.316 e. The first-order valence-corrected chi connectivity index (χ1v) is 6.60. The maximum absolute atomic E-state index is 4.48. The molecule has 0 amide bonds. The Labute approximate surface area is 109 Å². The van der Waals surface area contributed by atoms with Crippen LogP contribution in [0, 0.1) is 5.41 Å². The molecule has 1 N–H and O–H groups in total. The van der Waals surface area contributed by atoms with Crippen molar-refractivity contribution in [3.05, 3.63) is 42.1 Å². The molecule has 2 aromatic rings. The van der Waals surface area contributed by atoms with Crippen LogP contribution in [-0.2, 0) is 6.42 Å². The van der Waals surface area contributed by atoms with Gasteiger partial charge in [0.1, 0.15) is 0 Å². The van der Waals surface area contributed by atoms with Crippen LogP contribution in [-0.4, -0.2) is 18.1 Å². The number of aromatic nitrogens is 1. The Morgan fingerprint density at radius 1 is 1.11 bits per heavy atom. The highest BCUT2D eigenvalue weighted by molar-refractivity contribution is 5.81. The van der Waals surface area contributed by atoms with E-state index in [1.54, 1.807) is 0 Å². The van der Waals surface area contributed by atoms with E-state index in [-0.39, 0.29) is 0 Å². The molecule has 1 aromatic heterocycles. The van der Waals surface area contributed by atoms with E-state index in [0.29, 0.717) is 5.41 Å². The molecule has 2 heteroatoms. The van der Waals surface area contributed by atoms with E-state index in [1.165, 1.54) is 10.9 Å². The van der Waals surface area contributed by atoms with Gasteiger partial charge in [0.2, 0.25) is 0 Å². The molecule has 0 bridgehead atoms. The number of benzene rings is 1. The molecular weight excluding hydrogens is 220 g/mol. The molecular formula is C16H22N2. The van der Waals surface area contributed by atoms with E-state index in [4.69, 9.17) is 0 Å². The number of para-hydroxylation sites is 1. The number of nitrogens with one attached hydrogen (secondary N) is 1. The lowest BCUT2D eigenvalue weighted by Gasteiger charge is -2.18. The van der Waals surface area contributed by atoms with Crippen LogP contribution in [0.5, 0.6) is 0 Å². The van der Waals surface area contributed by atoms with Gasteiger partial charge in [-0.1, -0.05) is 45.0 Å². The van der Waals surface area contributed by atoms with Crippen LogP contribution < -0.4 is 5.32 Å². The second kappa shape index (κ2) is 5.49. The number of hydrogen-bond donors (Lipinski definition) is 1. The van der Waals surface area contributed by atoms with Gasteiger partial charge in [-0.2, -0.15) is 0 Å². The van der Waals surface area contributed by atoms with E-state index < -0.39 is 0 Å². The van der Waals surface area contributed by atoms with Crippen LogP contribution in [0.25, 0.3) is 10.9 Å². The number of hydrogen-bond acceptors (Lipinski definition) is 2. The second-order valence-electron chi connectivity index (χ2n) is 5.98. The monoisotopic (exact) mass is 242 g/mol. The molecule has 96 valence electrons. The van der Waals surface area contributed by atoms with Gasteiger partial charge in [-0.15, -0.1) is 0 Å². The molecule has 1 heterocycles. The summed E-state index contributed by atoms with van der Waals surface area (Å²) in [6.45, 7) is 8.80. The molecule has 0 radical (unpaired) electrons. The summed E-state index contributed by atoms with van der Waals surface area (Å²) in [7, 11) is 0. The average Bonchev–Trinajstić information content (AvgIpc) is 2.33. The van der Waals surface area contributed by atoms with Gasteiger partial charge in [-0.25, -0.2) is 0 Å². The summed E-state index contributed by atoms with van der Waals surface area (Å²) in [5, 5.41) is 4.74. The Hall–Kier alpha value is -1.41. The number of pyridine rings is 1. The molecule has 1 aromatic carbocycles. The van der Waals surface area contributed by atoms with Crippen LogP contribution in [0.4, 0.5) is 0 Å². The Morgan fingerprint density at radius 2 is 1.89 bits per heavy atom. The third-order valence-corrected chi connectivity index (χ3v) is 2.94. The highest BCUT2D eigenvalue weighted by Gasteiger charge is 2.08. The average molecular weight is 242 g/mol. The summed E-state index contributed by atoms with van der Waals surface area (Å²) in [6.07, 6.45) is 2.90. The summed E-state index contributed by atoms with van der Waals surface area (Å²) in [5.41, 5.74) is 2.81. The van der Waals surface area contributed by atoms with Crippen molar-refractivity contribution in [2.45, 2.75) is 27.2 Å². The molecule has 0 atom stereocenters. The third-order valence-electron chi connectivity index (χ3n) is 2.94. The van der Waals surface area contributed by atoms with E-state index in [2.05, 4.69) is 55.3 Å². The zero-order valence-corrected chi connectivity index (χ0v) is 11.5.